The van der Waals surface area contributed by atoms with Gasteiger partial charge in [-0.05, 0) is 37.8 Å². The Kier molecular flexibility index (Phi) is 3.70. The zero-order chi connectivity index (χ0) is 11.2. The Labute approximate surface area is 95.6 Å². The highest BCUT2D eigenvalue weighted by Crippen LogP contribution is 2.20. The van der Waals surface area contributed by atoms with Crippen molar-refractivity contribution in [1.82, 2.24) is 4.98 Å². The Hall–Kier alpha value is -1.64. The SMILES string of the molecule is O=C(CC1=CCCCC1)Nc1ccccn1. The molecule has 3 nitrogen and oxygen atoms in total. The lowest BCUT2D eigenvalue weighted by Crippen LogP contribution is -2.13. The van der Waals surface area contributed by atoms with Crippen molar-refractivity contribution >= 4 is 11.7 Å². The summed E-state index contributed by atoms with van der Waals surface area (Å²) in [5.41, 5.74) is 1.26. The quantitative estimate of drug-likeness (QED) is 0.789. The Morgan fingerprint density at radius 3 is 3.00 bits per heavy atom. The van der Waals surface area contributed by atoms with E-state index in [0.717, 1.165) is 12.8 Å². The Morgan fingerprint density at radius 1 is 1.38 bits per heavy atom. The standard InChI is InChI=1S/C13H16N2O/c16-13(10-11-6-2-1-3-7-11)15-12-8-4-5-9-14-12/h4-6,8-9H,1-3,7,10H2,(H,14,15,16). The van der Waals surface area contributed by atoms with Gasteiger partial charge in [0.2, 0.25) is 5.91 Å². The number of anilines is 1. The fourth-order valence-electron chi connectivity index (χ4n) is 1.90. The number of amides is 1. The average Bonchev–Trinajstić information content (AvgIpc) is 2.31. The summed E-state index contributed by atoms with van der Waals surface area (Å²) in [4.78, 5) is 15.7. The van der Waals surface area contributed by atoms with Crippen molar-refractivity contribution in [2.45, 2.75) is 32.1 Å². The summed E-state index contributed by atoms with van der Waals surface area (Å²) in [6.45, 7) is 0. The zero-order valence-corrected chi connectivity index (χ0v) is 9.28. The first-order chi connectivity index (χ1) is 7.84. The molecule has 0 saturated carbocycles. The molecule has 0 saturated heterocycles. The van der Waals surface area contributed by atoms with Crippen molar-refractivity contribution in [2.75, 3.05) is 5.32 Å². The summed E-state index contributed by atoms with van der Waals surface area (Å²) >= 11 is 0. The predicted molar refractivity (Wildman–Crippen MR) is 64.0 cm³/mol. The molecule has 1 heterocycles. The van der Waals surface area contributed by atoms with Gasteiger partial charge in [0, 0.05) is 12.6 Å². The van der Waals surface area contributed by atoms with E-state index in [1.807, 2.05) is 12.1 Å². The first-order valence-corrected chi connectivity index (χ1v) is 5.73. The molecule has 1 amide bonds. The molecule has 1 aliphatic carbocycles. The number of carbonyl (C=O) groups is 1. The number of hydrogen-bond acceptors (Lipinski definition) is 2. The van der Waals surface area contributed by atoms with Crippen LogP contribution in [0.1, 0.15) is 32.1 Å². The molecule has 0 spiro atoms. The first-order valence-electron chi connectivity index (χ1n) is 5.73. The third kappa shape index (κ3) is 3.19. The van der Waals surface area contributed by atoms with Gasteiger partial charge in [0.25, 0.3) is 0 Å². The van der Waals surface area contributed by atoms with E-state index in [1.54, 1.807) is 12.3 Å². The molecule has 1 N–H and O–H groups in total. The van der Waals surface area contributed by atoms with Crippen LogP contribution in [0.5, 0.6) is 0 Å². The molecule has 0 radical (unpaired) electrons. The summed E-state index contributed by atoms with van der Waals surface area (Å²) in [5, 5.41) is 2.80. The smallest absolute Gasteiger partial charge is 0.229 e. The maximum absolute atomic E-state index is 11.7. The second-order valence-electron chi connectivity index (χ2n) is 4.05. The van der Waals surface area contributed by atoms with Gasteiger partial charge in [-0.1, -0.05) is 17.7 Å². The number of pyridine rings is 1. The molecular weight excluding hydrogens is 200 g/mol. The molecule has 0 aromatic carbocycles. The van der Waals surface area contributed by atoms with Crippen molar-refractivity contribution in [3.63, 3.8) is 0 Å². The van der Waals surface area contributed by atoms with E-state index in [0.29, 0.717) is 12.2 Å². The van der Waals surface area contributed by atoms with Gasteiger partial charge in [-0.25, -0.2) is 4.98 Å². The lowest BCUT2D eigenvalue weighted by atomic mass is 9.97. The molecule has 1 aromatic rings. The summed E-state index contributed by atoms with van der Waals surface area (Å²) < 4.78 is 0. The summed E-state index contributed by atoms with van der Waals surface area (Å²) in [5.74, 6) is 0.663. The summed E-state index contributed by atoms with van der Waals surface area (Å²) in [6, 6.07) is 5.50. The van der Waals surface area contributed by atoms with Crippen LogP contribution < -0.4 is 5.32 Å². The van der Waals surface area contributed by atoms with E-state index in [2.05, 4.69) is 16.4 Å². The molecule has 3 heteroatoms. The van der Waals surface area contributed by atoms with Crippen LogP contribution in [0.2, 0.25) is 0 Å². The van der Waals surface area contributed by atoms with Crippen LogP contribution >= 0.6 is 0 Å². The average molecular weight is 216 g/mol. The lowest BCUT2D eigenvalue weighted by molar-refractivity contribution is -0.115. The predicted octanol–water partition coefficient (Wildman–Crippen LogP) is 2.91. The van der Waals surface area contributed by atoms with Crippen LogP contribution in [0.3, 0.4) is 0 Å². The van der Waals surface area contributed by atoms with Crippen molar-refractivity contribution in [3.8, 4) is 0 Å². The van der Waals surface area contributed by atoms with Crippen molar-refractivity contribution in [1.29, 1.82) is 0 Å². The Morgan fingerprint density at radius 2 is 2.31 bits per heavy atom. The van der Waals surface area contributed by atoms with Crippen LogP contribution in [-0.2, 0) is 4.79 Å². The molecule has 0 unspecified atom stereocenters. The molecule has 0 atom stereocenters. The molecule has 1 aromatic heterocycles. The van der Waals surface area contributed by atoms with Crippen LogP contribution in [0, 0.1) is 0 Å². The monoisotopic (exact) mass is 216 g/mol. The minimum Gasteiger partial charge on any atom is -0.310 e. The first kappa shape index (κ1) is 10.9. The third-order valence-electron chi connectivity index (χ3n) is 2.71. The molecule has 84 valence electrons. The van der Waals surface area contributed by atoms with Gasteiger partial charge in [0.1, 0.15) is 5.82 Å². The molecule has 0 fully saturated rings. The van der Waals surface area contributed by atoms with Crippen LogP contribution in [0.25, 0.3) is 0 Å². The third-order valence-corrected chi connectivity index (χ3v) is 2.71. The molecule has 1 aliphatic rings. The van der Waals surface area contributed by atoms with Gasteiger partial charge in [-0.15, -0.1) is 0 Å². The summed E-state index contributed by atoms with van der Waals surface area (Å²) in [7, 11) is 0. The number of nitrogens with zero attached hydrogens (tertiary/aromatic N) is 1. The summed E-state index contributed by atoms with van der Waals surface area (Å²) in [6.07, 6.45) is 9.03. The normalized spacial score (nSPS) is 15.4. The largest absolute Gasteiger partial charge is 0.310 e. The van der Waals surface area contributed by atoms with E-state index in [9.17, 15) is 4.79 Å². The number of aromatic nitrogens is 1. The maximum atomic E-state index is 11.7. The molecule has 0 bridgehead atoms. The van der Waals surface area contributed by atoms with Gasteiger partial charge < -0.3 is 5.32 Å². The number of nitrogens with one attached hydrogen (secondary N) is 1. The van der Waals surface area contributed by atoms with Crippen LogP contribution in [0.15, 0.2) is 36.0 Å². The van der Waals surface area contributed by atoms with Gasteiger partial charge in [0.05, 0.1) is 0 Å². The van der Waals surface area contributed by atoms with Gasteiger partial charge in [-0.3, -0.25) is 4.79 Å². The highest BCUT2D eigenvalue weighted by atomic mass is 16.1. The van der Waals surface area contributed by atoms with Crippen molar-refractivity contribution < 1.29 is 4.79 Å². The zero-order valence-electron chi connectivity index (χ0n) is 9.28. The lowest BCUT2D eigenvalue weighted by Gasteiger charge is -2.12. The van der Waals surface area contributed by atoms with Crippen LogP contribution in [-0.4, -0.2) is 10.9 Å². The minimum atomic E-state index is 0.0341. The number of carbonyl (C=O) groups excluding carboxylic acids is 1. The number of rotatable bonds is 3. The fraction of sp³-hybridized carbons (Fsp3) is 0.385. The number of allylic oxidation sites excluding steroid dienone is 1. The molecular formula is C13H16N2O. The van der Waals surface area contributed by atoms with Gasteiger partial charge in [-0.2, -0.15) is 0 Å². The second-order valence-corrected chi connectivity index (χ2v) is 4.05. The minimum absolute atomic E-state index is 0.0341. The van der Waals surface area contributed by atoms with Crippen molar-refractivity contribution in [2.24, 2.45) is 0 Å². The topological polar surface area (TPSA) is 42.0 Å². The van der Waals surface area contributed by atoms with Crippen molar-refractivity contribution in [3.05, 3.63) is 36.0 Å². The molecule has 2 rings (SSSR count). The van der Waals surface area contributed by atoms with E-state index in [4.69, 9.17) is 0 Å². The highest BCUT2D eigenvalue weighted by Gasteiger charge is 2.09. The van der Waals surface area contributed by atoms with Gasteiger partial charge >= 0.3 is 0 Å². The second kappa shape index (κ2) is 5.45. The van der Waals surface area contributed by atoms with E-state index >= 15 is 0 Å². The van der Waals surface area contributed by atoms with E-state index in [-0.39, 0.29) is 5.91 Å². The van der Waals surface area contributed by atoms with E-state index < -0.39 is 0 Å². The Bertz CT molecular complexity index is 384. The Balaban J connectivity index is 1.87. The van der Waals surface area contributed by atoms with Gasteiger partial charge in [0.15, 0.2) is 0 Å². The maximum Gasteiger partial charge on any atom is 0.229 e. The van der Waals surface area contributed by atoms with Crippen LogP contribution in [0.4, 0.5) is 5.82 Å². The van der Waals surface area contributed by atoms with E-state index in [1.165, 1.54) is 18.4 Å². The molecule has 0 aliphatic heterocycles. The highest BCUT2D eigenvalue weighted by molar-refractivity contribution is 5.91. The fourth-order valence-corrected chi connectivity index (χ4v) is 1.90. The molecule has 16 heavy (non-hydrogen) atoms. The number of hydrogen-bond donors (Lipinski definition) is 1.